The second-order valence-corrected chi connectivity index (χ2v) is 4.99. The molecule has 0 saturated carbocycles. The SMILES string of the molecule is CCC(=O)N1CCN(C(=O)c2ccc(C)c(F)c2)CC1. The molecule has 0 atom stereocenters. The minimum absolute atomic E-state index is 0.110. The van der Waals surface area contributed by atoms with Crippen LogP contribution in [-0.2, 0) is 4.79 Å². The fraction of sp³-hybridized carbons (Fsp3) is 0.467. The average Bonchev–Trinajstić information content (AvgIpc) is 2.48. The Morgan fingerprint density at radius 2 is 1.75 bits per heavy atom. The summed E-state index contributed by atoms with van der Waals surface area (Å²) in [5.74, 6) is -0.429. The van der Waals surface area contributed by atoms with E-state index in [-0.39, 0.29) is 17.6 Å². The normalized spacial score (nSPS) is 15.3. The van der Waals surface area contributed by atoms with Crippen LogP contribution in [0.3, 0.4) is 0 Å². The third-order valence-electron chi connectivity index (χ3n) is 3.64. The van der Waals surface area contributed by atoms with E-state index in [1.165, 1.54) is 6.07 Å². The van der Waals surface area contributed by atoms with Crippen molar-refractivity contribution in [2.45, 2.75) is 20.3 Å². The molecule has 1 fully saturated rings. The van der Waals surface area contributed by atoms with Gasteiger partial charge in [0.05, 0.1) is 0 Å². The smallest absolute Gasteiger partial charge is 0.254 e. The van der Waals surface area contributed by atoms with E-state index < -0.39 is 0 Å². The monoisotopic (exact) mass is 278 g/mol. The summed E-state index contributed by atoms with van der Waals surface area (Å²) < 4.78 is 13.5. The van der Waals surface area contributed by atoms with Crippen molar-refractivity contribution in [1.82, 2.24) is 9.80 Å². The van der Waals surface area contributed by atoms with Crippen molar-refractivity contribution in [2.75, 3.05) is 26.2 Å². The molecule has 4 nitrogen and oxygen atoms in total. The molecule has 1 saturated heterocycles. The Kier molecular flexibility index (Phi) is 4.37. The highest BCUT2D eigenvalue weighted by Crippen LogP contribution is 2.13. The van der Waals surface area contributed by atoms with E-state index in [0.29, 0.717) is 43.7 Å². The van der Waals surface area contributed by atoms with Crippen LogP contribution in [-0.4, -0.2) is 47.8 Å². The number of amides is 2. The molecule has 2 amide bonds. The standard InChI is InChI=1S/C15H19FN2O2/c1-3-14(19)17-6-8-18(9-7-17)15(20)12-5-4-11(2)13(16)10-12/h4-5,10H,3,6-9H2,1-2H3. The van der Waals surface area contributed by atoms with Gasteiger partial charge in [-0.2, -0.15) is 0 Å². The number of carbonyl (C=O) groups excluding carboxylic acids is 2. The van der Waals surface area contributed by atoms with Crippen LogP contribution in [0.2, 0.25) is 0 Å². The molecular weight excluding hydrogens is 259 g/mol. The highest BCUT2D eigenvalue weighted by atomic mass is 19.1. The summed E-state index contributed by atoms with van der Waals surface area (Å²) in [5.41, 5.74) is 0.892. The number of hydrogen-bond acceptors (Lipinski definition) is 2. The lowest BCUT2D eigenvalue weighted by molar-refractivity contribution is -0.132. The molecule has 1 aliphatic rings. The number of aryl methyl sites for hydroxylation is 1. The molecule has 108 valence electrons. The van der Waals surface area contributed by atoms with E-state index in [1.54, 1.807) is 28.9 Å². The quantitative estimate of drug-likeness (QED) is 0.828. The highest BCUT2D eigenvalue weighted by molar-refractivity contribution is 5.94. The van der Waals surface area contributed by atoms with Gasteiger partial charge < -0.3 is 9.80 Å². The molecule has 0 unspecified atom stereocenters. The maximum Gasteiger partial charge on any atom is 0.254 e. The van der Waals surface area contributed by atoms with Crippen molar-refractivity contribution in [2.24, 2.45) is 0 Å². The van der Waals surface area contributed by atoms with Crippen LogP contribution in [0.25, 0.3) is 0 Å². The fourth-order valence-electron chi connectivity index (χ4n) is 2.29. The minimum atomic E-state index is -0.365. The van der Waals surface area contributed by atoms with Gasteiger partial charge in [0.2, 0.25) is 5.91 Å². The summed E-state index contributed by atoms with van der Waals surface area (Å²) in [5, 5.41) is 0. The van der Waals surface area contributed by atoms with Crippen molar-refractivity contribution in [3.63, 3.8) is 0 Å². The predicted octanol–water partition coefficient (Wildman–Crippen LogP) is 1.83. The second kappa shape index (κ2) is 6.03. The molecular formula is C15H19FN2O2. The van der Waals surface area contributed by atoms with Crippen LogP contribution >= 0.6 is 0 Å². The van der Waals surface area contributed by atoms with Crippen LogP contribution < -0.4 is 0 Å². The second-order valence-electron chi connectivity index (χ2n) is 4.99. The van der Waals surface area contributed by atoms with Gasteiger partial charge in [0.25, 0.3) is 5.91 Å². The molecule has 1 aliphatic heterocycles. The lowest BCUT2D eigenvalue weighted by atomic mass is 10.1. The third-order valence-corrected chi connectivity index (χ3v) is 3.64. The first-order valence-corrected chi connectivity index (χ1v) is 6.86. The van der Waals surface area contributed by atoms with Gasteiger partial charge in [-0.15, -0.1) is 0 Å². The summed E-state index contributed by atoms with van der Waals surface area (Å²) >= 11 is 0. The molecule has 0 bridgehead atoms. The number of piperazine rings is 1. The van der Waals surface area contributed by atoms with Gasteiger partial charge in [0.1, 0.15) is 5.82 Å². The summed E-state index contributed by atoms with van der Waals surface area (Å²) in [4.78, 5) is 27.3. The molecule has 0 spiro atoms. The van der Waals surface area contributed by atoms with Crippen molar-refractivity contribution < 1.29 is 14.0 Å². The minimum Gasteiger partial charge on any atom is -0.339 e. The number of benzene rings is 1. The molecule has 5 heteroatoms. The van der Waals surface area contributed by atoms with E-state index >= 15 is 0 Å². The zero-order valence-corrected chi connectivity index (χ0v) is 11.9. The topological polar surface area (TPSA) is 40.6 Å². The molecule has 1 aromatic carbocycles. The van der Waals surface area contributed by atoms with Gasteiger partial charge in [-0.1, -0.05) is 13.0 Å². The van der Waals surface area contributed by atoms with Gasteiger partial charge >= 0.3 is 0 Å². The van der Waals surface area contributed by atoms with Crippen molar-refractivity contribution in [3.8, 4) is 0 Å². The van der Waals surface area contributed by atoms with E-state index in [1.807, 2.05) is 6.92 Å². The van der Waals surface area contributed by atoms with Gasteiger partial charge in [0, 0.05) is 38.2 Å². The highest BCUT2D eigenvalue weighted by Gasteiger charge is 2.24. The summed E-state index contributed by atoms with van der Waals surface area (Å²) in [6.07, 6.45) is 0.483. The number of hydrogen-bond donors (Lipinski definition) is 0. The molecule has 0 aromatic heterocycles. The first kappa shape index (κ1) is 14.5. The number of carbonyl (C=O) groups is 2. The van der Waals surface area contributed by atoms with Crippen molar-refractivity contribution in [3.05, 3.63) is 35.1 Å². The average molecular weight is 278 g/mol. The van der Waals surface area contributed by atoms with Gasteiger partial charge in [0.15, 0.2) is 0 Å². The van der Waals surface area contributed by atoms with Gasteiger partial charge in [-0.25, -0.2) is 4.39 Å². The number of halogens is 1. The maximum absolute atomic E-state index is 13.5. The Bertz CT molecular complexity index is 523. The van der Waals surface area contributed by atoms with Crippen LogP contribution in [0.4, 0.5) is 4.39 Å². The molecule has 20 heavy (non-hydrogen) atoms. The maximum atomic E-state index is 13.5. The number of rotatable bonds is 2. The summed E-state index contributed by atoms with van der Waals surface area (Å²) in [7, 11) is 0. The molecule has 0 radical (unpaired) electrons. The Hall–Kier alpha value is -1.91. The summed E-state index contributed by atoms with van der Waals surface area (Å²) in [6, 6.07) is 4.53. The Labute approximate surface area is 118 Å². The predicted molar refractivity (Wildman–Crippen MR) is 73.9 cm³/mol. The molecule has 2 rings (SSSR count). The fourth-order valence-corrected chi connectivity index (χ4v) is 2.29. The van der Waals surface area contributed by atoms with Gasteiger partial charge in [-0.3, -0.25) is 9.59 Å². The Balaban J connectivity index is 2.01. The number of nitrogens with zero attached hydrogens (tertiary/aromatic N) is 2. The van der Waals surface area contributed by atoms with Gasteiger partial charge in [-0.05, 0) is 24.6 Å². The first-order valence-electron chi connectivity index (χ1n) is 6.86. The van der Waals surface area contributed by atoms with Crippen LogP contribution in [0.15, 0.2) is 18.2 Å². The molecule has 1 heterocycles. The Morgan fingerprint density at radius 1 is 1.15 bits per heavy atom. The molecule has 0 aliphatic carbocycles. The van der Waals surface area contributed by atoms with Crippen LogP contribution in [0.5, 0.6) is 0 Å². The zero-order valence-electron chi connectivity index (χ0n) is 11.9. The van der Waals surface area contributed by atoms with E-state index in [0.717, 1.165) is 0 Å². The van der Waals surface area contributed by atoms with Crippen molar-refractivity contribution >= 4 is 11.8 Å². The first-order chi connectivity index (χ1) is 9.52. The van der Waals surface area contributed by atoms with E-state index in [4.69, 9.17) is 0 Å². The third kappa shape index (κ3) is 2.98. The molecule has 1 aromatic rings. The van der Waals surface area contributed by atoms with Crippen LogP contribution in [0, 0.1) is 12.7 Å². The van der Waals surface area contributed by atoms with Crippen molar-refractivity contribution in [1.29, 1.82) is 0 Å². The molecule has 0 N–H and O–H groups in total. The lowest BCUT2D eigenvalue weighted by Gasteiger charge is -2.34. The van der Waals surface area contributed by atoms with E-state index in [9.17, 15) is 14.0 Å². The lowest BCUT2D eigenvalue weighted by Crippen LogP contribution is -2.50. The largest absolute Gasteiger partial charge is 0.339 e. The van der Waals surface area contributed by atoms with E-state index in [2.05, 4.69) is 0 Å². The zero-order chi connectivity index (χ0) is 14.7. The summed E-state index contributed by atoms with van der Waals surface area (Å²) in [6.45, 7) is 5.59. The van der Waals surface area contributed by atoms with Crippen LogP contribution in [0.1, 0.15) is 29.3 Å². The Morgan fingerprint density at radius 3 is 2.30 bits per heavy atom.